The summed E-state index contributed by atoms with van der Waals surface area (Å²) in [4.78, 5) is 12.1. The Balaban J connectivity index is 0.00000741. The number of carbonyl (C=O) groups is 1. The second kappa shape index (κ2) is 21.4. The summed E-state index contributed by atoms with van der Waals surface area (Å²) in [7, 11) is 7.98. The van der Waals surface area contributed by atoms with Crippen molar-refractivity contribution >= 4 is 35.5 Å². The predicted octanol–water partition coefficient (Wildman–Crippen LogP) is 3.56. The molecule has 7 saturated heterocycles. The van der Waals surface area contributed by atoms with E-state index in [2.05, 4.69) is 13.8 Å². The molecule has 7 heterocycles. The molecule has 18 nitrogen and oxygen atoms in total. The van der Waals surface area contributed by atoms with Crippen molar-refractivity contribution in [2.75, 3.05) is 35.5 Å². The third kappa shape index (κ3) is 9.87. The monoisotopic (exact) mass is 970 g/mol. The molecule has 383 valence electrons. The van der Waals surface area contributed by atoms with E-state index in [0.29, 0.717) is 19.3 Å². The van der Waals surface area contributed by atoms with Gasteiger partial charge in [0.25, 0.3) is 0 Å². The smallest absolute Gasteiger partial charge is 0.338 e. The Kier molecular flexibility index (Phi) is 17.9. The number of aliphatic hydroxyl groups is 3. The van der Waals surface area contributed by atoms with Crippen molar-refractivity contribution in [1.82, 2.24) is 0 Å². The van der Waals surface area contributed by atoms with Crippen LogP contribution in [0.5, 0.6) is 0 Å². The molecule has 1 spiro atoms. The molecule has 0 bridgehead atoms. The summed E-state index contributed by atoms with van der Waals surface area (Å²) in [5.41, 5.74) is -2.16. The van der Waals surface area contributed by atoms with Crippen LogP contribution in [0.15, 0.2) is 0 Å². The maximum atomic E-state index is 12.1. The molecule has 0 saturated carbocycles. The zero-order valence-electron chi connectivity index (χ0n) is 42.7. The van der Waals surface area contributed by atoms with Crippen molar-refractivity contribution in [3.8, 4) is 0 Å². The van der Waals surface area contributed by atoms with Crippen molar-refractivity contribution in [3.05, 3.63) is 0 Å². The largest absolute Gasteiger partial charge is 0.479 e. The molecule has 7 aliphatic heterocycles. The molecule has 25 atom stereocenters. The van der Waals surface area contributed by atoms with E-state index in [-0.39, 0.29) is 108 Å². The van der Waals surface area contributed by atoms with E-state index in [1.165, 1.54) is 14.2 Å². The van der Waals surface area contributed by atoms with E-state index in [1.54, 1.807) is 42.1 Å². The number of rotatable bonds is 14. The molecule has 0 amide bonds. The zero-order chi connectivity index (χ0) is 48.5. The summed E-state index contributed by atoms with van der Waals surface area (Å²) in [6, 6.07) is 0. The zero-order valence-corrected chi connectivity index (χ0v) is 44.7. The summed E-state index contributed by atoms with van der Waals surface area (Å²) in [5.74, 6) is -8.80. The van der Waals surface area contributed by atoms with Gasteiger partial charge in [-0.05, 0) is 59.8 Å². The summed E-state index contributed by atoms with van der Waals surface area (Å²) < 4.78 is 83.8. The number of aliphatic carboxylic acids is 1. The van der Waals surface area contributed by atoms with Crippen LogP contribution in [0.3, 0.4) is 0 Å². The number of methoxy groups -OCH3 is 5. The van der Waals surface area contributed by atoms with Gasteiger partial charge in [0.05, 0.1) is 79.4 Å². The first-order chi connectivity index (χ1) is 31.0. The predicted molar refractivity (Wildman–Crippen MR) is 240 cm³/mol. The standard InChI is InChI=1S/C48H82O18.Na/c1-23-38(62-37-20-18-30(54-10)28(6)59-37)25(3)46(9,52)65-39(23)33-16-15-31(60-33)32-17-19-35(61-32)45(8)42(57-13)27(5)48(66-45)24(2)34(55-11)21-29(63-48)22-36-44(7,58-14)41(56-12)26(4)47(53,64-36)40(49)43(50)51;/h23-42,49,52-53H,15-22H2,1-14H3,(H,50,51);/t23-,24+,25+,26-,27+,28+,29-,30-,31+,32-,33+,34+,35+,36-,37-,38-,39-,40-,41-,42+,44-,45+,46-,47-,48-;/m0./s1. The molecular formula is C48H82NaO18. The van der Waals surface area contributed by atoms with Crippen molar-refractivity contribution in [3.63, 3.8) is 0 Å². The van der Waals surface area contributed by atoms with Crippen LogP contribution in [-0.4, -0.2) is 212 Å². The van der Waals surface area contributed by atoms with E-state index in [9.17, 15) is 25.2 Å². The SMILES string of the molecule is CO[C@H]1CC[C@H](O[C@H]2[C@H](C)[C@@H]([C@H]3CC[C@H]([C@@H]4CC[C@H]([C@@]5(C)O[C@]6(O[C@H](C[C@@H]7O[C@](O)([C@@H](O)C(=O)O)[C@@H](C)[C@H](OC)[C@@]7(C)OC)C[C@@H](OC)[C@H]6C)[C@H](C)[C@H]5OC)O4)O3)O[C@](C)(O)[C@@H]2C)O[C@@H]1C.[Na]. The molecular weight excluding hydrogens is 888 g/mol. The van der Waals surface area contributed by atoms with Gasteiger partial charge in [-0.15, -0.1) is 0 Å². The molecule has 0 aromatic rings. The Labute approximate surface area is 419 Å². The molecule has 7 aliphatic rings. The molecule has 67 heavy (non-hydrogen) atoms. The first-order valence-electron chi connectivity index (χ1n) is 24.4. The van der Waals surface area contributed by atoms with Gasteiger partial charge in [0.15, 0.2) is 17.9 Å². The third-order valence-corrected chi connectivity index (χ3v) is 17.6. The van der Waals surface area contributed by atoms with Crippen molar-refractivity contribution in [2.45, 2.75) is 234 Å². The number of ether oxygens (including phenoxy) is 13. The number of hydrogen-bond donors (Lipinski definition) is 4. The molecule has 0 aromatic carbocycles. The average molecular weight is 970 g/mol. The van der Waals surface area contributed by atoms with E-state index in [0.717, 1.165) is 25.7 Å². The Morgan fingerprint density at radius 2 is 1.33 bits per heavy atom. The van der Waals surface area contributed by atoms with Gasteiger partial charge in [-0.3, -0.25) is 0 Å². The second-order valence-corrected chi connectivity index (χ2v) is 21.2. The Hall–Kier alpha value is -0.170. The van der Waals surface area contributed by atoms with Crippen molar-refractivity contribution in [2.24, 2.45) is 29.6 Å². The van der Waals surface area contributed by atoms with Gasteiger partial charge in [0.2, 0.25) is 11.9 Å². The summed E-state index contributed by atoms with van der Waals surface area (Å²) in [6.45, 7) is 17.2. The number of carboxylic acid groups (broad SMARTS) is 1. The van der Waals surface area contributed by atoms with Crippen LogP contribution in [-0.2, 0) is 66.4 Å². The van der Waals surface area contributed by atoms with E-state index in [4.69, 9.17) is 61.6 Å². The Bertz CT molecular complexity index is 1660. The molecule has 19 heteroatoms. The molecule has 1 radical (unpaired) electrons. The number of hydrogen-bond acceptors (Lipinski definition) is 17. The van der Waals surface area contributed by atoms with E-state index >= 15 is 0 Å². The molecule has 0 aromatic heterocycles. The normalized spacial score (nSPS) is 53.1. The first-order valence-corrected chi connectivity index (χ1v) is 24.4. The van der Waals surface area contributed by atoms with Gasteiger partial charge in [-0.25, -0.2) is 4.79 Å². The minimum Gasteiger partial charge on any atom is -0.479 e. The summed E-state index contributed by atoms with van der Waals surface area (Å²) in [5, 5.41) is 43.9. The fourth-order valence-corrected chi connectivity index (χ4v) is 13.3. The summed E-state index contributed by atoms with van der Waals surface area (Å²) in [6.07, 6.45) is -2.92. The minimum atomic E-state index is -2.50. The topological polar surface area (TPSA) is 218 Å². The van der Waals surface area contributed by atoms with Crippen LogP contribution in [0, 0.1) is 29.6 Å². The molecule has 7 rings (SSSR count). The van der Waals surface area contributed by atoms with Gasteiger partial charge in [0.1, 0.15) is 11.2 Å². The quantitative estimate of drug-likeness (QED) is 0.183. The fourth-order valence-electron chi connectivity index (χ4n) is 13.3. The van der Waals surface area contributed by atoms with Gasteiger partial charge >= 0.3 is 5.97 Å². The molecule has 0 aliphatic carbocycles. The van der Waals surface area contributed by atoms with Gasteiger partial charge in [-0.2, -0.15) is 0 Å². The van der Waals surface area contributed by atoms with Crippen LogP contribution >= 0.6 is 0 Å². The van der Waals surface area contributed by atoms with Gasteiger partial charge in [-0.1, -0.05) is 34.6 Å². The number of aliphatic hydroxyl groups excluding tert-OH is 1. The second-order valence-electron chi connectivity index (χ2n) is 21.2. The Morgan fingerprint density at radius 3 is 1.93 bits per heavy atom. The first kappa shape index (κ1) is 56.1. The Morgan fingerprint density at radius 1 is 0.701 bits per heavy atom. The maximum Gasteiger partial charge on any atom is 0.338 e. The molecule has 0 unspecified atom stereocenters. The molecule has 7 fully saturated rings. The minimum absolute atomic E-state index is 0. The molecule has 4 N–H and O–H groups in total. The van der Waals surface area contributed by atoms with E-state index < -0.39 is 83.4 Å². The average Bonchev–Trinajstić information content (AvgIpc) is 4.02. The van der Waals surface area contributed by atoms with Gasteiger partial charge in [0, 0.05) is 114 Å². The van der Waals surface area contributed by atoms with Gasteiger partial charge < -0.3 is 82.0 Å². The van der Waals surface area contributed by atoms with Crippen molar-refractivity contribution < 1.29 is 86.8 Å². The number of carboxylic acids is 1. The van der Waals surface area contributed by atoms with Crippen molar-refractivity contribution in [1.29, 1.82) is 0 Å². The fraction of sp³-hybridized carbons (Fsp3) is 0.979. The van der Waals surface area contributed by atoms with Crippen LogP contribution in [0.25, 0.3) is 0 Å². The summed E-state index contributed by atoms with van der Waals surface area (Å²) >= 11 is 0. The van der Waals surface area contributed by atoms with Crippen LogP contribution in [0.4, 0.5) is 0 Å². The van der Waals surface area contributed by atoms with Crippen LogP contribution < -0.4 is 0 Å². The van der Waals surface area contributed by atoms with Crippen LogP contribution in [0.1, 0.15) is 114 Å². The van der Waals surface area contributed by atoms with Crippen LogP contribution in [0.2, 0.25) is 0 Å². The third-order valence-electron chi connectivity index (χ3n) is 17.6. The van der Waals surface area contributed by atoms with E-state index in [1.807, 2.05) is 27.7 Å². The maximum absolute atomic E-state index is 12.1.